The second-order valence-electron chi connectivity index (χ2n) is 7.16. The zero-order valence-corrected chi connectivity index (χ0v) is 18.6. The molecule has 32 heavy (non-hydrogen) atoms. The fourth-order valence-electron chi connectivity index (χ4n) is 2.98. The van der Waals surface area contributed by atoms with E-state index in [0.717, 1.165) is 0 Å². The largest absolute Gasteiger partial charge is 0.216 e. The summed E-state index contributed by atoms with van der Waals surface area (Å²) in [5, 5.41) is 0. The van der Waals surface area contributed by atoms with Crippen LogP contribution in [0.15, 0.2) is 72.8 Å². The predicted molar refractivity (Wildman–Crippen MR) is 118 cm³/mol. The van der Waals surface area contributed by atoms with Gasteiger partial charge in [-0.2, -0.15) is 0 Å². The van der Waals surface area contributed by atoms with Gasteiger partial charge >= 0.3 is 0 Å². The molecule has 0 bridgehead atoms. The fourth-order valence-corrected chi connectivity index (χ4v) is 5.24. The Morgan fingerprint density at radius 2 is 1.00 bits per heavy atom. The first-order valence-corrected chi connectivity index (χ1v) is 12.9. The summed E-state index contributed by atoms with van der Waals surface area (Å²) in [5.74, 6) is -2.17. The Morgan fingerprint density at radius 3 is 1.41 bits per heavy atom. The van der Waals surface area contributed by atoms with E-state index >= 15 is 0 Å². The zero-order valence-electron chi connectivity index (χ0n) is 17.0. The molecule has 0 radical (unpaired) electrons. The Bertz CT molecular complexity index is 1200. The van der Waals surface area contributed by atoms with Crippen LogP contribution in [0.4, 0.5) is 8.78 Å². The van der Waals surface area contributed by atoms with Crippen LogP contribution in [0, 0.1) is 11.6 Å². The van der Waals surface area contributed by atoms with Crippen molar-refractivity contribution in [2.75, 3.05) is 0 Å². The molecule has 0 aromatic heterocycles. The summed E-state index contributed by atoms with van der Waals surface area (Å²) in [4.78, 5) is 0. The molecule has 3 rings (SSSR count). The van der Waals surface area contributed by atoms with Crippen LogP contribution < -0.4 is 9.44 Å². The van der Waals surface area contributed by atoms with Crippen molar-refractivity contribution in [1.82, 2.24) is 9.44 Å². The molecule has 0 spiro atoms. The molecule has 0 aliphatic rings. The third kappa shape index (κ3) is 7.20. The SMILES string of the molecule is O=S(=O)(Cc1ccccc1F)NCc1cccc(CNS(=O)(=O)Cc2ccccc2F)c1. The van der Waals surface area contributed by atoms with Crippen LogP contribution in [-0.2, 0) is 44.6 Å². The number of hydrogen-bond donors (Lipinski definition) is 2. The lowest BCUT2D eigenvalue weighted by Gasteiger charge is -2.10. The van der Waals surface area contributed by atoms with Crippen LogP contribution in [0.5, 0.6) is 0 Å². The summed E-state index contributed by atoms with van der Waals surface area (Å²) in [7, 11) is -7.56. The number of halogens is 2. The molecule has 170 valence electrons. The van der Waals surface area contributed by atoms with E-state index in [1.54, 1.807) is 36.4 Å². The van der Waals surface area contributed by atoms with Gasteiger partial charge in [-0.15, -0.1) is 0 Å². The summed E-state index contributed by atoms with van der Waals surface area (Å²) in [6.07, 6.45) is 0. The molecule has 3 aromatic rings. The average molecular weight is 481 g/mol. The Labute approximate surface area is 186 Å². The van der Waals surface area contributed by atoms with Crippen molar-refractivity contribution in [3.8, 4) is 0 Å². The molecular weight excluding hydrogens is 458 g/mol. The highest BCUT2D eigenvalue weighted by atomic mass is 32.2. The average Bonchev–Trinajstić information content (AvgIpc) is 2.74. The number of nitrogens with one attached hydrogen (secondary N) is 2. The van der Waals surface area contributed by atoms with Crippen molar-refractivity contribution in [3.05, 3.63) is 107 Å². The van der Waals surface area contributed by atoms with Gasteiger partial charge in [-0.1, -0.05) is 60.7 Å². The minimum Gasteiger partial charge on any atom is -0.212 e. The Balaban J connectivity index is 1.58. The Hall–Kier alpha value is -2.66. The van der Waals surface area contributed by atoms with Crippen LogP contribution in [0.25, 0.3) is 0 Å². The second-order valence-corrected chi connectivity index (χ2v) is 10.8. The van der Waals surface area contributed by atoms with Gasteiger partial charge in [0, 0.05) is 24.2 Å². The van der Waals surface area contributed by atoms with Crippen molar-refractivity contribution < 1.29 is 25.6 Å². The topological polar surface area (TPSA) is 92.3 Å². The normalized spacial score (nSPS) is 12.1. The second kappa shape index (κ2) is 10.3. The molecule has 0 atom stereocenters. The highest BCUT2D eigenvalue weighted by molar-refractivity contribution is 7.88. The quantitative estimate of drug-likeness (QED) is 0.466. The van der Waals surface area contributed by atoms with E-state index < -0.39 is 43.2 Å². The van der Waals surface area contributed by atoms with E-state index in [0.29, 0.717) is 11.1 Å². The Morgan fingerprint density at radius 1 is 0.594 bits per heavy atom. The van der Waals surface area contributed by atoms with Crippen LogP contribution in [-0.4, -0.2) is 16.8 Å². The maximum absolute atomic E-state index is 13.7. The molecule has 2 N–H and O–H groups in total. The van der Waals surface area contributed by atoms with Crippen molar-refractivity contribution in [1.29, 1.82) is 0 Å². The smallest absolute Gasteiger partial charge is 0.212 e. The molecule has 0 unspecified atom stereocenters. The molecule has 0 saturated heterocycles. The summed E-state index contributed by atoms with van der Waals surface area (Å²) >= 11 is 0. The lowest BCUT2D eigenvalue weighted by atomic mass is 10.1. The van der Waals surface area contributed by atoms with Crippen molar-refractivity contribution >= 4 is 20.0 Å². The zero-order chi connectivity index (χ0) is 23.2. The lowest BCUT2D eigenvalue weighted by Crippen LogP contribution is -2.26. The number of benzene rings is 3. The molecule has 10 heteroatoms. The van der Waals surface area contributed by atoms with E-state index in [1.807, 2.05) is 0 Å². The van der Waals surface area contributed by atoms with Gasteiger partial charge in [0.1, 0.15) is 11.6 Å². The van der Waals surface area contributed by atoms with Crippen LogP contribution in [0.1, 0.15) is 22.3 Å². The van der Waals surface area contributed by atoms with Crippen LogP contribution in [0.3, 0.4) is 0 Å². The van der Waals surface area contributed by atoms with Gasteiger partial charge < -0.3 is 0 Å². The molecule has 0 aliphatic carbocycles. The van der Waals surface area contributed by atoms with Crippen LogP contribution >= 0.6 is 0 Å². The molecule has 0 aliphatic heterocycles. The Kier molecular flexibility index (Phi) is 7.73. The maximum Gasteiger partial charge on any atom is 0.216 e. The molecule has 3 aromatic carbocycles. The van der Waals surface area contributed by atoms with E-state index in [9.17, 15) is 25.6 Å². The summed E-state index contributed by atoms with van der Waals surface area (Å²) in [6, 6.07) is 18.0. The van der Waals surface area contributed by atoms with Gasteiger partial charge in [-0.25, -0.2) is 35.1 Å². The van der Waals surface area contributed by atoms with E-state index in [1.165, 1.54) is 36.4 Å². The third-order valence-corrected chi connectivity index (χ3v) is 7.14. The van der Waals surface area contributed by atoms with Gasteiger partial charge in [0.15, 0.2) is 0 Å². The monoisotopic (exact) mass is 480 g/mol. The third-order valence-electron chi connectivity index (χ3n) is 4.59. The first-order valence-electron chi connectivity index (χ1n) is 9.63. The van der Waals surface area contributed by atoms with Gasteiger partial charge in [-0.05, 0) is 23.3 Å². The van der Waals surface area contributed by atoms with Gasteiger partial charge in [0.2, 0.25) is 20.0 Å². The highest BCUT2D eigenvalue weighted by Crippen LogP contribution is 2.13. The molecule has 0 heterocycles. The van der Waals surface area contributed by atoms with Crippen molar-refractivity contribution in [2.45, 2.75) is 24.6 Å². The number of hydrogen-bond acceptors (Lipinski definition) is 4. The van der Waals surface area contributed by atoms with Gasteiger partial charge in [0.05, 0.1) is 11.5 Å². The number of rotatable bonds is 10. The predicted octanol–water partition coefficient (Wildman–Crippen LogP) is 3.20. The highest BCUT2D eigenvalue weighted by Gasteiger charge is 2.16. The van der Waals surface area contributed by atoms with Crippen molar-refractivity contribution in [3.63, 3.8) is 0 Å². The molecular formula is C22H22F2N2O4S2. The fraction of sp³-hybridized carbons (Fsp3) is 0.182. The lowest BCUT2D eigenvalue weighted by molar-refractivity contribution is 0.574. The maximum atomic E-state index is 13.7. The first kappa shape index (κ1) is 24.0. The minimum atomic E-state index is -3.78. The summed E-state index contributed by atoms with van der Waals surface area (Å²) in [5.41, 5.74) is 1.34. The summed E-state index contributed by atoms with van der Waals surface area (Å²) < 4.78 is 81.3. The number of sulfonamides is 2. The first-order chi connectivity index (χ1) is 15.1. The van der Waals surface area contributed by atoms with Gasteiger partial charge in [0.25, 0.3) is 0 Å². The van der Waals surface area contributed by atoms with E-state index in [4.69, 9.17) is 0 Å². The van der Waals surface area contributed by atoms with Gasteiger partial charge in [-0.3, -0.25) is 0 Å². The molecule has 6 nitrogen and oxygen atoms in total. The van der Waals surface area contributed by atoms with E-state index in [-0.39, 0.29) is 24.2 Å². The van der Waals surface area contributed by atoms with Crippen molar-refractivity contribution in [2.24, 2.45) is 0 Å². The summed E-state index contributed by atoms with van der Waals surface area (Å²) in [6.45, 7) is -0.0702. The standard InChI is InChI=1S/C22H22F2N2O4S2/c23-21-10-3-1-8-19(21)15-31(27,28)25-13-17-6-5-7-18(12-17)14-26-32(29,30)16-20-9-2-4-11-22(20)24/h1-12,25-26H,13-16H2. The van der Waals surface area contributed by atoms with Crippen LogP contribution in [0.2, 0.25) is 0 Å². The molecule has 0 fully saturated rings. The minimum absolute atomic E-state index is 0.0351. The molecule has 0 saturated carbocycles. The van der Waals surface area contributed by atoms with E-state index in [2.05, 4.69) is 9.44 Å². The molecule has 0 amide bonds.